The van der Waals surface area contributed by atoms with Crippen LogP contribution in [0, 0.1) is 12.8 Å². The standard InChI is InChI=1S/C11H19N3/c1-9-4-5-11(13-7-9)14(3)8-10(2)6-12/h4-5,7,10H,6,8,12H2,1-3H3. The summed E-state index contributed by atoms with van der Waals surface area (Å²) in [7, 11) is 2.05. The van der Waals surface area contributed by atoms with E-state index in [9.17, 15) is 0 Å². The Morgan fingerprint density at radius 1 is 1.50 bits per heavy atom. The molecular weight excluding hydrogens is 174 g/mol. The molecule has 1 unspecified atom stereocenters. The van der Waals surface area contributed by atoms with Gasteiger partial charge in [0, 0.05) is 19.8 Å². The molecule has 3 nitrogen and oxygen atoms in total. The van der Waals surface area contributed by atoms with Crippen LogP contribution < -0.4 is 10.6 Å². The summed E-state index contributed by atoms with van der Waals surface area (Å²) in [6.45, 7) is 5.85. The van der Waals surface area contributed by atoms with Crippen molar-refractivity contribution in [3.8, 4) is 0 Å². The predicted octanol–water partition coefficient (Wildman–Crippen LogP) is 1.42. The van der Waals surface area contributed by atoms with Crippen LogP contribution in [0.3, 0.4) is 0 Å². The van der Waals surface area contributed by atoms with Gasteiger partial charge in [-0.3, -0.25) is 0 Å². The van der Waals surface area contributed by atoms with Crippen LogP contribution in [0.1, 0.15) is 12.5 Å². The SMILES string of the molecule is Cc1ccc(N(C)CC(C)CN)nc1. The van der Waals surface area contributed by atoms with Gasteiger partial charge in [0.25, 0.3) is 0 Å². The van der Waals surface area contributed by atoms with Gasteiger partial charge in [0.05, 0.1) is 0 Å². The van der Waals surface area contributed by atoms with E-state index < -0.39 is 0 Å². The van der Waals surface area contributed by atoms with Crippen molar-refractivity contribution in [3.63, 3.8) is 0 Å². The number of pyridine rings is 1. The Morgan fingerprint density at radius 2 is 2.21 bits per heavy atom. The summed E-state index contributed by atoms with van der Waals surface area (Å²) in [5.41, 5.74) is 6.76. The van der Waals surface area contributed by atoms with Crippen LogP contribution in [0.4, 0.5) is 5.82 Å². The van der Waals surface area contributed by atoms with Crippen LogP contribution >= 0.6 is 0 Å². The summed E-state index contributed by atoms with van der Waals surface area (Å²) in [4.78, 5) is 6.49. The highest BCUT2D eigenvalue weighted by molar-refractivity contribution is 5.37. The lowest BCUT2D eigenvalue weighted by atomic mass is 10.2. The summed E-state index contributed by atoms with van der Waals surface area (Å²) in [5.74, 6) is 1.51. The van der Waals surface area contributed by atoms with E-state index in [1.807, 2.05) is 26.2 Å². The zero-order chi connectivity index (χ0) is 10.6. The Morgan fingerprint density at radius 3 is 2.71 bits per heavy atom. The van der Waals surface area contributed by atoms with Crippen LogP contribution in [0.5, 0.6) is 0 Å². The average molecular weight is 193 g/mol. The molecule has 3 heteroatoms. The Bertz CT molecular complexity index is 268. The van der Waals surface area contributed by atoms with Gasteiger partial charge >= 0.3 is 0 Å². The van der Waals surface area contributed by atoms with Gasteiger partial charge in [0.15, 0.2) is 0 Å². The maximum absolute atomic E-state index is 5.58. The fourth-order valence-corrected chi connectivity index (χ4v) is 1.32. The van der Waals surface area contributed by atoms with Crippen molar-refractivity contribution in [2.24, 2.45) is 11.7 Å². The molecule has 0 bridgehead atoms. The Kier molecular flexibility index (Phi) is 3.89. The van der Waals surface area contributed by atoms with E-state index >= 15 is 0 Å². The minimum Gasteiger partial charge on any atom is -0.359 e. The minimum absolute atomic E-state index is 0.503. The Hall–Kier alpha value is -1.09. The lowest BCUT2D eigenvalue weighted by Crippen LogP contribution is -2.28. The number of nitrogens with two attached hydrogens (primary N) is 1. The molecule has 0 aromatic carbocycles. The molecule has 0 saturated heterocycles. The summed E-state index contributed by atoms with van der Waals surface area (Å²) in [5, 5.41) is 0. The zero-order valence-electron chi connectivity index (χ0n) is 9.20. The van der Waals surface area contributed by atoms with Gasteiger partial charge in [-0.05, 0) is 31.0 Å². The molecule has 0 aliphatic rings. The number of hydrogen-bond donors (Lipinski definition) is 1. The van der Waals surface area contributed by atoms with Crippen LogP contribution in [-0.2, 0) is 0 Å². The molecule has 1 atom stereocenters. The zero-order valence-corrected chi connectivity index (χ0v) is 9.20. The van der Waals surface area contributed by atoms with Crippen molar-refractivity contribution in [1.82, 2.24) is 4.98 Å². The van der Waals surface area contributed by atoms with Crippen molar-refractivity contribution in [3.05, 3.63) is 23.9 Å². The highest BCUT2D eigenvalue weighted by atomic mass is 15.2. The molecule has 14 heavy (non-hydrogen) atoms. The number of anilines is 1. The highest BCUT2D eigenvalue weighted by Gasteiger charge is 2.05. The van der Waals surface area contributed by atoms with Gasteiger partial charge in [-0.15, -0.1) is 0 Å². The van der Waals surface area contributed by atoms with E-state index in [0.29, 0.717) is 5.92 Å². The highest BCUT2D eigenvalue weighted by Crippen LogP contribution is 2.10. The van der Waals surface area contributed by atoms with Gasteiger partial charge in [-0.2, -0.15) is 0 Å². The largest absolute Gasteiger partial charge is 0.359 e. The fraction of sp³-hybridized carbons (Fsp3) is 0.545. The van der Waals surface area contributed by atoms with Crippen molar-refractivity contribution < 1.29 is 0 Å². The first-order valence-corrected chi connectivity index (χ1v) is 4.97. The van der Waals surface area contributed by atoms with E-state index in [1.165, 1.54) is 5.56 Å². The van der Waals surface area contributed by atoms with Crippen molar-refractivity contribution in [1.29, 1.82) is 0 Å². The molecule has 1 rings (SSSR count). The molecule has 0 aliphatic carbocycles. The van der Waals surface area contributed by atoms with Crippen molar-refractivity contribution in [2.45, 2.75) is 13.8 Å². The molecule has 1 heterocycles. The minimum atomic E-state index is 0.503. The Balaban J connectivity index is 2.60. The van der Waals surface area contributed by atoms with Crippen LogP contribution in [-0.4, -0.2) is 25.1 Å². The predicted molar refractivity (Wildman–Crippen MR) is 60.5 cm³/mol. The lowest BCUT2D eigenvalue weighted by Gasteiger charge is -2.21. The second kappa shape index (κ2) is 4.96. The number of aromatic nitrogens is 1. The summed E-state index contributed by atoms with van der Waals surface area (Å²) in [6.07, 6.45) is 1.89. The van der Waals surface area contributed by atoms with Crippen LogP contribution in [0.25, 0.3) is 0 Å². The van der Waals surface area contributed by atoms with E-state index in [4.69, 9.17) is 5.73 Å². The molecule has 0 aliphatic heterocycles. The normalized spacial score (nSPS) is 12.6. The van der Waals surface area contributed by atoms with E-state index in [-0.39, 0.29) is 0 Å². The van der Waals surface area contributed by atoms with Gasteiger partial charge in [0.2, 0.25) is 0 Å². The third kappa shape index (κ3) is 3.00. The monoisotopic (exact) mass is 193 g/mol. The molecule has 0 saturated carbocycles. The molecule has 78 valence electrons. The lowest BCUT2D eigenvalue weighted by molar-refractivity contribution is 0.587. The van der Waals surface area contributed by atoms with E-state index in [0.717, 1.165) is 18.9 Å². The van der Waals surface area contributed by atoms with Gasteiger partial charge in [-0.1, -0.05) is 13.0 Å². The Labute approximate surface area is 85.9 Å². The molecule has 0 radical (unpaired) electrons. The quantitative estimate of drug-likeness (QED) is 0.786. The summed E-state index contributed by atoms with van der Waals surface area (Å²) >= 11 is 0. The maximum atomic E-state index is 5.58. The molecule has 2 N–H and O–H groups in total. The number of rotatable bonds is 4. The summed E-state index contributed by atoms with van der Waals surface area (Å²) < 4.78 is 0. The number of hydrogen-bond acceptors (Lipinski definition) is 3. The molecule has 0 spiro atoms. The van der Waals surface area contributed by atoms with E-state index in [1.54, 1.807) is 0 Å². The first-order valence-electron chi connectivity index (χ1n) is 4.97. The van der Waals surface area contributed by atoms with Crippen LogP contribution in [0.2, 0.25) is 0 Å². The van der Waals surface area contributed by atoms with Crippen molar-refractivity contribution in [2.75, 3.05) is 25.0 Å². The molecule has 1 aromatic rings. The molecular formula is C11H19N3. The molecule has 0 amide bonds. The van der Waals surface area contributed by atoms with Gasteiger partial charge in [-0.25, -0.2) is 4.98 Å². The number of aryl methyl sites for hydroxylation is 1. The first-order chi connectivity index (χ1) is 6.63. The van der Waals surface area contributed by atoms with E-state index in [2.05, 4.69) is 22.9 Å². The fourth-order valence-electron chi connectivity index (χ4n) is 1.32. The summed E-state index contributed by atoms with van der Waals surface area (Å²) in [6, 6.07) is 4.12. The third-order valence-corrected chi connectivity index (χ3v) is 2.27. The van der Waals surface area contributed by atoms with Gasteiger partial charge < -0.3 is 10.6 Å². The second-order valence-electron chi connectivity index (χ2n) is 3.92. The second-order valence-corrected chi connectivity index (χ2v) is 3.92. The maximum Gasteiger partial charge on any atom is 0.128 e. The average Bonchev–Trinajstić information content (AvgIpc) is 2.18. The molecule has 0 fully saturated rings. The van der Waals surface area contributed by atoms with Crippen molar-refractivity contribution >= 4 is 5.82 Å². The number of nitrogens with zero attached hydrogens (tertiary/aromatic N) is 2. The van der Waals surface area contributed by atoms with Gasteiger partial charge in [0.1, 0.15) is 5.82 Å². The smallest absolute Gasteiger partial charge is 0.128 e. The topological polar surface area (TPSA) is 42.1 Å². The molecule has 1 aromatic heterocycles. The third-order valence-electron chi connectivity index (χ3n) is 2.27. The first kappa shape index (κ1) is 11.0. The van der Waals surface area contributed by atoms with Crippen LogP contribution in [0.15, 0.2) is 18.3 Å².